The Morgan fingerprint density at radius 1 is 1.26 bits per heavy atom. The van der Waals surface area contributed by atoms with Crippen LogP contribution in [0.15, 0.2) is 48.5 Å². The summed E-state index contributed by atoms with van der Waals surface area (Å²) in [5.41, 5.74) is 1.10. The summed E-state index contributed by atoms with van der Waals surface area (Å²) in [5.74, 6) is -0.822. The van der Waals surface area contributed by atoms with E-state index < -0.39 is 5.97 Å². The highest BCUT2D eigenvalue weighted by Gasteiger charge is 2.25. The van der Waals surface area contributed by atoms with Crippen molar-refractivity contribution in [2.45, 2.75) is 19.1 Å². The minimum absolute atomic E-state index is 0.0518. The van der Waals surface area contributed by atoms with Crippen LogP contribution in [-0.4, -0.2) is 35.2 Å². The second kappa shape index (κ2) is 6.79. The molecular formula is C18H18FNO3. The second-order valence-corrected chi connectivity index (χ2v) is 5.69. The standard InChI is InChI=1S/C18H18FNO3/c19-14-5-3-4-13(10-14)11-20-9-8-15(12-20)23-17-7-2-1-6-16(17)18(21)22/h1-7,10,15H,8-9,11-12H2,(H,21,22). The fraction of sp³-hybridized carbons (Fsp3) is 0.278. The van der Waals surface area contributed by atoms with Crippen molar-refractivity contribution in [2.24, 2.45) is 0 Å². The van der Waals surface area contributed by atoms with Gasteiger partial charge in [0.05, 0.1) is 0 Å². The molecule has 0 radical (unpaired) electrons. The van der Waals surface area contributed by atoms with Gasteiger partial charge in [-0.2, -0.15) is 0 Å². The Balaban J connectivity index is 1.61. The van der Waals surface area contributed by atoms with Crippen LogP contribution in [0.4, 0.5) is 4.39 Å². The number of likely N-dealkylation sites (tertiary alicyclic amines) is 1. The Labute approximate surface area is 134 Å². The lowest BCUT2D eigenvalue weighted by molar-refractivity contribution is 0.0689. The third-order valence-electron chi connectivity index (χ3n) is 3.94. The molecule has 5 heteroatoms. The van der Waals surface area contributed by atoms with E-state index in [1.165, 1.54) is 18.2 Å². The predicted molar refractivity (Wildman–Crippen MR) is 84.1 cm³/mol. The summed E-state index contributed by atoms with van der Waals surface area (Å²) in [5, 5.41) is 9.19. The number of carboxylic acids is 1. The van der Waals surface area contributed by atoms with Crippen molar-refractivity contribution in [3.63, 3.8) is 0 Å². The smallest absolute Gasteiger partial charge is 0.339 e. The molecule has 1 N–H and O–H groups in total. The molecule has 1 aliphatic rings. The highest BCUT2D eigenvalue weighted by molar-refractivity contribution is 5.90. The molecule has 1 saturated heterocycles. The largest absolute Gasteiger partial charge is 0.488 e. The van der Waals surface area contributed by atoms with Gasteiger partial charge in [0.15, 0.2) is 0 Å². The Hall–Kier alpha value is -2.40. The van der Waals surface area contributed by atoms with Crippen molar-refractivity contribution < 1.29 is 19.0 Å². The highest BCUT2D eigenvalue weighted by Crippen LogP contribution is 2.23. The van der Waals surface area contributed by atoms with E-state index in [-0.39, 0.29) is 17.5 Å². The first-order valence-electron chi connectivity index (χ1n) is 7.57. The van der Waals surface area contributed by atoms with E-state index in [4.69, 9.17) is 4.74 Å². The van der Waals surface area contributed by atoms with Crippen LogP contribution in [0.5, 0.6) is 5.75 Å². The molecule has 1 heterocycles. The summed E-state index contributed by atoms with van der Waals surface area (Å²) in [4.78, 5) is 13.4. The molecule has 2 aromatic rings. The van der Waals surface area contributed by atoms with E-state index >= 15 is 0 Å². The molecular weight excluding hydrogens is 297 g/mol. The lowest BCUT2D eigenvalue weighted by atomic mass is 10.2. The number of halogens is 1. The zero-order chi connectivity index (χ0) is 16.2. The highest BCUT2D eigenvalue weighted by atomic mass is 19.1. The number of carboxylic acid groups (broad SMARTS) is 1. The summed E-state index contributed by atoms with van der Waals surface area (Å²) < 4.78 is 19.1. The molecule has 0 spiro atoms. The maximum absolute atomic E-state index is 13.2. The average molecular weight is 315 g/mol. The van der Waals surface area contributed by atoms with E-state index in [2.05, 4.69) is 4.90 Å². The van der Waals surface area contributed by atoms with Crippen LogP contribution >= 0.6 is 0 Å². The normalized spacial score (nSPS) is 18.0. The monoisotopic (exact) mass is 315 g/mol. The van der Waals surface area contributed by atoms with Gasteiger partial charge in [-0.1, -0.05) is 24.3 Å². The predicted octanol–water partition coefficient (Wildman–Crippen LogP) is 3.18. The van der Waals surface area contributed by atoms with Gasteiger partial charge in [0.2, 0.25) is 0 Å². The number of hydrogen-bond acceptors (Lipinski definition) is 3. The maximum Gasteiger partial charge on any atom is 0.339 e. The fourth-order valence-electron chi connectivity index (χ4n) is 2.86. The fourth-order valence-corrected chi connectivity index (χ4v) is 2.86. The van der Waals surface area contributed by atoms with Crippen LogP contribution in [0, 0.1) is 5.82 Å². The van der Waals surface area contributed by atoms with Gasteiger partial charge in [-0.15, -0.1) is 0 Å². The van der Waals surface area contributed by atoms with E-state index in [0.717, 1.165) is 18.5 Å². The number of carbonyl (C=O) groups is 1. The lowest BCUT2D eigenvalue weighted by Gasteiger charge is -2.18. The van der Waals surface area contributed by atoms with Crippen LogP contribution in [0.2, 0.25) is 0 Å². The van der Waals surface area contributed by atoms with Crippen molar-refractivity contribution in [1.82, 2.24) is 4.90 Å². The summed E-state index contributed by atoms with van der Waals surface area (Å²) in [6.07, 6.45) is 0.771. The van der Waals surface area contributed by atoms with Crippen LogP contribution in [-0.2, 0) is 6.54 Å². The zero-order valence-corrected chi connectivity index (χ0v) is 12.6. The van der Waals surface area contributed by atoms with E-state index in [1.54, 1.807) is 24.3 Å². The first-order valence-corrected chi connectivity index (χ1v) is 7.57. The zero-order valence-electron chi connectivity index (χ0n) is 12.6. The van der Waals surface area contributed by atoms with Gasteiger partial charge in [0.25, 0.3) is 0 Å². The van der Waals surface area contributed by atoms with Gasteiger partial charge >= 0.3 is 5.97 Å². The summed E-state index contributed by atoms with van der Waals surface area (Å²) in [6.45, 7) is 2.21. The van der Waals surface area contributed by atoms with E-state index in [9.17, 15) is 14.3 Å². The number of hydrogen-bond donors (Lipinski definition) is 1. The minimum atomic E-state index is -0.991. The number of nitrogens with zero attached hydrogens (tertiary/aromatic N) is 1. The topological polar surface area (TPSA) is 49.8 Å². The Kier molecular flexibility index (Phi) is 4.57. The van der Waals surface area contributed by atoms with Gasteiger partial charge in [-0.25, -0.2) is 9.18 Å². The number of benzene rings is 2. The third-order valence-corrected chi connectivity index (χ3v) is 3.94. The second-order valence-electron chi connectivity index (χ2n) is 5.69. The maximum atomic E-state index is 13.2. The summed E-state index contributed by atoms with van der Waals surface area (Å²) in [7, 11) is 0. The van der Waals surface area contributed by atoms with Gasteiger partial charge in [0, 0.05) is 19.6 Å². The molecule has 0 aromatic heterocycles. The molecule has 4 nitrogen and oxygen atoms in total. The number of ether oxygens (including phenoxy) is 1. The molecule has 3 rings (SSSR count). The number of para-hydroxylation sites is 1. The van der Waals surface area contributed by atoms with Crippen LogP contribution in [0.3, 0.4) is 0 Å². The Morgan fingerprint density at radius 2 is 2.09 bits per heavy atom. The van der Waals surface area contributed by atoms with Crippen molar-refractivity contribution >= 4 is 5.97 Å². The molecule has 0 bridgehead atoms. The minimum Gasteiger partial charge on any atom is -0.488 e. The van der Waals surface area contributed by atoms with Crippen LogP contribution in [0.25, 0.3) is 0 Å². The van der Waals surface area contributed by atoms with Crippen LogP contribution in [0.1, 0.15) is 22.3 Å². The van der Waals surface area contributed by atoms with Gasteiger partial charge in [-0.05, 0) is 36.2 Å². The Morgan fingerprint density at radius 3 is 2.87 bits per heavy atom. The SMILES string of the molecule is O=C(O)c1ccccc1OC1CCN(Cc2cccc(F)c2)C1. The lowest BCUT2D eigenvalue weighted by Crippen LogP contribution is -2.25. The Bertz CT molecular complexity index is 704. The van der Waals surface area contributed by atoms with Crippen molar-refractivity contribution in [2.75, 3.05) is 13.1 Å². The van der Waals surface area contributed by atoms with Gasteiger partial charge < -0.3 is 9.84 Å². The molecule has 120 valence electrons. The van der Waals surface area contributed by atoms with Crippen molar-refractivity contribution in [3.8, 4) is 5.75 Å². The summed E-state index contributed by atoms with van der Waals surface area (Å²) >= 11 is 0. The molecule has 1 unspecified atom stereocenters. The first kappa shape index (κ1) is 15.5. The van der Waals surface area contributed by atoms with E-state index in [0.29, 0.717) is 18.8 Å². The quantitative estimate of drug-likeness (QED) is 0.921. The molecule has 0 aliphatic carbocycles. The van der Waals surface area contributed by atoms with E-state index in [1.807, 2.05) is 6.07 Å². The van der Waals surface area contributed by atoms with Crippen molar-refractivity contribution in [1.29, 1.82) is 0 Å². The van der Waals surface area contributed by atoms with Crippen LogP contribution < -0.4 is 4.74 Å². The number of rotatable bonds is 5. The average Bonchev–Trinajstić information content (AvgIpc) is 2.94. The molecule has 1 fully saturated rings. The molecule has 23 heavy (non-hydrogen) atoms. The molecule has 1 aliphatic heterocycles. The van der Waals surface area contributed by atoms with Gasteiger partial charge in [-0.3, -0.25) is 4.90 Å². The van der Waals surface area contributed by atoms with Crippen molar-refractivity contribution in [3.05, 3.63) is 65.5 Å². The number of aromatic carboxylic acids is 1. The summed E-state index contributed by atoms with van der Waals surface area (Å²) in [6, 6.07) is 13.2. The molecule has 1 atom stereocenters. The molecule has 0 amide bonds. The third kappa shape index (κ3) is 3.87. The van der Waals surface area contributed by atoms with Gasteiger partial charge in [0.1, 0.15) is 23.2 Å². The first-order chi connectivity index (χ1) is 11.1. The molecule has 0 saturated carbocycles. The molecule has 2 aromatic carbocycles.